The van der Waals surface area contributed by atoms with Gasteiger partial charge in [-0.05, 0) is 31.8 Å². The minimum atomic E-state index is -1.59. The fraction of sp³-hybridized carbons (Fsp3) is 0.333. The smallest absolute Gasteiger partial charge is 0.242 e. The number of hydrogen-bond donors (Lipinski definition) is 2. The van der Waals surface area contributed by atoms with Crippen molar-refractivity contribution >= 4 is 19.7 Å². The molecule has 0 aliphatic heterocycles. The molecule has 3 nitrogen and oxygen atoms in total. The lowest BCUT2D eigenvalue weighted by Crippen LogP contribution is -2.29. The highest BCUT2D eigenvalue weighted by Gasteiger charge is 2.17. The van der Waals surface area contributed by atoms with Crippen molar-refractivity contribution in [2.45, 2.75) is 19.6 Å². The summed E-state index contributed by atoms with van der Waals surface area (Å²) in [5.41, 5.74) is 12.5. The standard InChI is InChI=1S/C9H16N2OSi/c1-13(2,3)12-8-6-4-5-7(10)9(8)11/h4-6H,10-11H2,1-3H3. The third-order valence-corrected chi connectivity index (χ3v) is 2.35. The fourth-order valence-electron chi connectivity index (χ4n) is 0.980. The molecule has 0 saturated heterocycles. The lowest BCUT2D eigenvalue weighted by atomic mass is 10.2. The zero-order valence-electron chi connectivity index (χ0n) is 8.29. The molecule has 0 aliphatic rings. The van der Waals surface area contributed by atoms with E-state index in [1.54, 1.807) is 6.07 Å². The highest BCUT2D eigenvalue weighted by molar-refractivity contribution is 6.70. The van der Waals surface area contributed by atoms with Gasteiger partial charge >= 0.3 is 0 Å². The second kappa shape index (κ2) is 3.30. The molecule has 0 heterocycles. The van der Waals surface area contributed by atoms with Gasteiger partial charge in [0.1, 0.15) is 5.75 Å². The van der Waals surface area contributed by atoms with Gasteiger partial charge in [0.2, 0.25) is 8.32 Å². The van der Waals surface area contributed by atoms with E-state index in [9.17, 15) is 0 Å². The molecule has 4 N–H and O–H groups in total. The van der Waals surface area contributed by atoms with Crippen LogP contribution in [0.5, 0.6) is 5.75 Å². The molecule has 1 aromatic carbocycles. The molecule has 0 aliphatic carbocycles. The average Bonchev–Trinajstić information content (AvgIpc) is 1.96. The number of anilines is 2. The summed E-state index contributed by atoms with van der Waals surface area (Å²) in [6, 6.07) is 5.47. The van der Waals surface area contributed by atoms with Gasteiger partial charge in [-0.15, -0.1) is 0 Å². The summed E-state index contributed by atoms with van der Waals surface area (Å²) in [4.78, 5) is 0. The Morgan fingerprint density at radius 2 is 1.77 bits per heavy atom. The molecule has 0 amide bonds. The summed E-state index contributed by atoms with van der Waals surface area (Å²) in [5, 5.41) is 0. The molecule has 0 saturated carbocycles. The van der Waals surface area contributed by atoms with Crippen LogP contribution < -0.4 is 15.9 Å². The molecule has 0 radical (unpaired) electrons. The maximum absolute atomic E-state index is 5.76. The van der Waals surface area contributed by atoms with E-state index in [0.29, 0.717) is 17.1 Å². The van der Waals surface area contributed by atoms with Crippen LogP contribution in [-0.2, 0) is 0 Å². The van der Waals surface area contributed by atoms with Crippen molar-refractivity contribution in [3.8, 4) is 5.75 Å². The Labute approximate surface area is 79.8 Å². The van der Waals surface area contributed by atoms with Crippen molar-refractivity contribution in [2.24, 2.45) is 0 Å². The number of benzene rings is 1. The van der Waals surface area contributed by atoms with E-state index in [4.69, 9.17) is 15.9 Å². The SMILES string of the molecule is C[Si](C)(C)Oc1cccc(N)c1N. The Kier molecular flexibility index (Phi) is 2.52. The highest BCUT2D eigenvalue weighted by Crippen LogP contribution is 2.28. The number of rotatable bonds is 2. The predicted octanol–water partition coefficient (Wildman–Crippen LogP) is 2.06. The van der Waals surface area contributed by atoms with Gasteiger partial charge in [-0.1, -0.05) is 6.07 Å². The van der Waals surface area contributed by atoms with Crippen molar-refractivity contribution in [1.82, 2.24) is 0 Å². The molecule has 13 heavy (non-hydrogen) atoms. The van der Waals surface area contributed by atoms with E-state index in [2.05, 4.69) is 19.6 Å². The van der Waals surface area contributed by atoms with E-state index >= 15 is 0 Å². The van der Waals surface area contributed by atoms with Gasteiger partial charge in [0.25, 0.3) is 0 Å². The summed E-state index contributed by atoms with van der Waals surface area (Å²) >= 11 is 0. The first kappa shape index (κ1) is 9.92. The molecule has 72 valence electrons. The minimum Gasteiger partial charge on any atom is -0.543 e. The lowest BCUT2D eigenvalue weighted by Gasteiger charge is -2.20. The van der Waals surface area contributed by atoms with Gasteiger partial charge in [0.05, 0.1) is 11.4 Å². The van der Waals surface area contributed by atoms with Gasteiger partial charge in [-0.25, -0.2) is 0 Å². The van der Waals surface area contributed by atoms with Crippen LogP contribution in [0.15, 0.2) is 18.2 Å². The first-order valence-electron chi connectivity index (χ1n) is 4.23. The molecule has 0 fully saturated rings. The third-order valence-electron chi connectivity index (χ3n) is 1.52. The first-order chi connectivity index (χ1) is 5.90. The van der Waals surface area contributed by atoms with Crippen LogP contribution in [0.4, 0.5) is 11.4 Å². The number of nitrogen functional groups attached to an aromatic ring is 2. The second-order valence-corrected chi connectivity index (χ2v) is 8.40. The van der Waals surface area contributed by atoms with Crippen molar-refractivity contribution < 1.29 is 4.43 Å². The van der Waals surface area contributed by atoms with Crippen molar-refractivity contribution in [3.63, 3.8) is 0 Å². The van der Waals surface area contributed by atoms with Crippen LogP contribution in [0.1, 0.15) is 0 Å². The molecule has 1 aromatic rings. The minimum absolute atomic E-state index is 0.546. The third kappa shape index (κ3) is 2.66. The summed E-state index contributed by atoms with van der Waals surface area (Å²) < 4.78 is 5.75. The Bertz CT molecular complexity index is 307. The van der Waals surface area contributed by atoms with Crippen LogP contribution in [0.2, 0.25) is 19.6 Å². The Morgan fingerprint density at radius 1 is 1.15 bits per heavy atom. The molecule has 0 aromatic heterocycles. The quantitative estimate of drug-likeness (QED) is 0.562. The van der Waals surface area contributed by atoms with Gasteiger partial charge in [0, 0.05) is 0 Å². The largest absolute Gasteiger partial charge is 0.543 e. The Morgan fingerprint density at radius 3 is 2.31 bits per heavy atom. The molecule has 0 spiro atoms. The molecule has 1 rings (SSSR count). The first-order valence-corrected chi connectivity index (χ1v) is 7.64. The zero-order chi connectivity index (χ0) is 10.1. The van der Waals surface area contributed by atoms with E-state index in [1.807, 2.05) is 12.1 Å². The number of para-hydroxylation sites is 1. The van der Waals surface area contributed by atoms with Gasteiger partial charge in [0.15, 0.2) is 0 Å². The number of nitrogens with two attached hydrogens (primary N) is 2. The van der Waals surface area contributed by atoms with Crippen LogP contribution in [0, 0.1) is 0 Å². The second-order valence-electron chi connectivity index (χ2n) is 3.97. The van der Waals surface area contributed by atoms with E-state index in [0.717, 1.165) is 0 Å². The van der Waals surface area contributed by atoms with Crippen LogP contribution in [0.3, 0.4) is 0 Å². The number of hydrogen-bond acceptors (Lipinski definition) is 3. The van der Waals surface area contributed by atoms with Gasteiger partial charge < -0.3 is 15.9 Å². The highest BCUT2D eigenvalue weighted by atomic mass is 28.4. The van der Waals surface area contributed by atoms with Crippen molar-refractivity contribution in [3.05, 3.63) is 18.2 Å². The fourth-order valence-corrected chi connectivity index (χ4v) is 1.82. The van der Waals surface area contributed by atoms with E-state index in [-0.39, 0.29) is 0 Å². The summed E-state index contributed by atoms with van der Waals surface area (Å²) in [6.07, 6.45) is 0. The Balaban J connectivity index is 2.96. The van der Waals surface area contributed by atoms with E-state index in [1.165, 1.54) is 0 Å². The summed E-state index contributed by atoms with van der Waals surface area (Å²) in [5.74, 6) is 0.708. The van der Waals surface area contributed by atoms with Crippen molar-refractivity contribution in [2.75, 3.05) is 11.5 Å². The normalized spacial score (nSPS) is 11.3. The van der Waals surface area contributed by atoms with Crippen LogP contribution >= 0.6 is 0 Å². The summed E-state index contributed by atoms with van der Waals surface area (Å²) in [7, 11) is -1.59. The summed E-state index contributed by atoms with van der Waals surface area (Å²) in [6.45, 7) is 6.32. The van der Waals surface area contributed by atoms with Crippen LogP contribution in [-0.4, -0.2) is 8.32 Å². The topological polar surface area (TPSA) is 61.3 Å². The monoisotopic (exact) mass is 196 g/mol. The van der Waals surface area contributed by atoms with Crippen LogP contribution in [0.25, 0.3) is 0 Å². The molecule has 0 atom stereocenters. The molecular weight excluding hydrogens is 180 g/mol. The average molecular weight is 196 g/mol. The van der Waals surface area contributed by atoms with Crippen molar-refractivity contribution in [1.29, 1.82) is 0 Å². The molecular formula is C9H16N2OSi. The molecule has 0 bridgehead atoms. The zero-order valence-corrected chi connectivity index (χ0v) is 9.29. The maximum Gasteiger partial charge on any atom is 0.242 e. The predicted molar refractivity (Wildman–Crippen MR) is 59.2 cm³/mol. The maximum atomic E-state index is 5.76. The Hall–Kier alpha value is -1.16. The van der Waals surface area contributed by atoms with Gasteiger partial charge in [-0.3, -0.25) is 0 Å². The lowest BCUT2D eigenvalue weighted by molar-refractivity contribution is 0.560. The van der Waals surface area contributed by atoms with E-state index < -0.39 is 8.32 Å². The van der Waals surface area contributed by atoms with Gasteiger partial charge in [-0.2, -0.15) is 0 Å². The molecule has 0 unspecified atom stereocenters. The molecule has 4 heteroatoms.